The molecule has 1 heteroatoms. The molecule has 0 radical (unpaired) electrons. The predicted octanol–water partition coefficient (Wildman–Crippen LogP) is 3.37. The van der Waals surface area contributed by atoms with E-state index in [1.54, 1.807) is 0 Å². The monoisotopic (exact) mass is 232 g/mol. The second-order valence-corrected chi connectivity index (χ2v) is 5.38. The molecule has 18 heavy (non-hydrogen) atoms. The van der Waals surface area contributed by atoms with Crippen LogP contribution in [0.25, 0.3) is 12.2 Å². The summed E-state index contributed by atoms with van der Waals surface area (Å²) in [6, 6.07) is 4.46. The summed E-state index contributed by atoms with van der Waals surface area (Å²) in [6.07, 6.45) is 18.5. The molecule has 1 aromatic carbocycles. The van der Waals surface area contributed by atoms with Crippen LogP contribution in [0.1, 0.15) is 22.3 Å². The standard InChI is InChI=1S/C17H12O/c1-2-10-17-15-7-6-12-4-3-5-13(12)14(15)8-11-16(17,9-1)18-17/h1-4,6-11H,5H2/t16-,17+/m1/s1. The summed E-state index contributed by atoms with van der Waals surface area (Å²) in [6.45, 7) is 0. The first-order valence-corrected chi connectivity index (χ1v) is 6.44. The molecule has 1 heterocycles. The number of hydrogen-bond donors (Lipinski definition) is 0. The Hall–Kier alpha value is -1.86. The van der Waals surface area contributed by atoms with Gasteiger partial charge in [-0.1, -0.05) is 42.5 Å². The Morgan fingerprint density at radius 2 is 1.94 bits per heavy atom. The summed E-state index contributed by atoms with van der Waals surface area (Å²) in [5.41, 5.74) is 5.08. The smallest absolute Gasteiger partial charge is 0.150 e. The van der Waals surface area contributed by atoms with Crippen molar-refractivity contribution in [3.8, 4) is 0 Å². The first kappa shape index (κ1) is 9.12. The molecule has 0 bridgehead atoms. The van der Waals surface area contributed by atoms with E-state index in [2.05, 4.69) is 60.7 Å². The third-order valence-electron chi connectivity index (χ3n) is 4.56. The van der Waals surface area contributed by atoms with Crippen molar-refractivity contribution < 1.29 is 4.74 Å². The maximum Gasteiger partial charge on any atom is 0.150 e. The van der Waals surface area contributed by atoms with E-state index in [4.69, 9.17) is 4.74 Å². The van der Waals surface area contributed by atoms with Gasteiger partial charge in [-0.3, -0.25) is 0 Å². The Morgan fingerprint density at radius 3 is 2.94 bits per heavy atom. The lowest BCUT2D eigenvalue weighted by Crippen LogP contribution is -2.24. The van der Waals surface area contributed by atoms with Crippen molar-refractivity contribution in [3.05, 3.63) is 70.8 Å². The van der Waals surface area contributed by atoms with E-state index >= 15 is 0 Å². The number of benzene rings is 1. The Kier molecular flexibility index (Phi) is 1.32. The molecule has 0 amide bonds. The van der Waals surface area contributed by atoms with E-state index in [1.807, 2.05) is 0 Å². The highest BCUT2D eigenvalue weighted by molar-refractivity contribution is 5.77. The highest BCUT2D eigenvalue weighted by Gasteiger charge is 2.69. The van der Waals surface area contributed by atoms with Crippen molar-refractivity contribution in [1.29, 1.82) is 0 Å². The van der Waals surface area contributed by atoms with Gasteiger partial charge in [0.15, 0.2) is 5.60 Å². The van der Waals surface area contributed by atoms with Crippen LogP contribution in [0.5, 0.6) is 0 Å². The number of fused-ring (bicyclic) bond motifs is 3. The van der Waals surface area contributed by atoms with Crippen LogP contribution in [-0.2, 0) is 16.8 Å². The molecule has 4 aliphatic rings. The van der Waals surface area contributed by atoms with Crippen molar-refractivity contribution in [2.75, 3.05) is 0 Å². The molecule has 0 spiro atoms. The molecule has 0 aromatic heterocycles. The van der Waals surface area contributed by atoms with Crippen molar-refractivity contribution >= 4 is 12.2 Å². The van der Waals surface area contributed by atoms with E-state index < -0.39 is 0 Å². The van der Waals surface area contributed by atoms with Gasteiger partial charge in [0.1, 0.15) is 5.60 Å². The minimum atomic E-state index is -0.219. The molecular weight excluding hydrogens is 220 g/mol. The van der Waals surface area contributed by atoms with Gasteiger partial charge in [-0.2, -0.15) is 0 Å². The number of rotatable bonds is 0. The van der Waals surface area contributed by atoms with E-state index in [0.29, 0.717) is 0 Å². The molecule has 0 saturated carbocycles. The van der Waals surface area contributed by atoms with Crippen LogP contribution in [0.2, 0.25) is 0 Å². The lowest BCUT2D eigenvalue weighted by molar-refractivity contribution is 0.328. The normalized spacial score (nSPS) is 36.0. The van der Waals surface area contributed by atoms with E-state index in [0.717, 1.165) is 6.42 Å². The lowest BCUT2D eigenvalue weighted by atomic mass is 9.75. The quantitative estimate of drug-likeness (QED) is 0.625. The Morgan fingerprint density at radius 1 is 1.00 bits per heavy atom. The van der Waals surface area contributed by atoms with Crippen molar-refractivity contribution in [2.45, 2.75) is 17.6 Å². The van der Waals surface area contributed by atoms with Gasteiger partial charge < -0.3 is 4.74 Å². The van der Waals surface area contributed by atoms with Crippen LogP contribution >= 0.6 is 0 Å². The molecule has 1 saturated heterocycles. The predicted molar refractivity (Wildman–Crippen MR) is 72.0 cm³/mol. The lowest BCUT2D eigenvalue weighted by Gasteiger charge is -2.23. The van der Waals surface area contributed by atoms with Crippen LogP contribution in [0, 0.1) is 0 Å². The molecule has 1 fully saturated rings. The summed E-state index contributed by atoms with van der Waals surface area (Å²) in [5.74, 6) is 0. The zero-order valence-electron chi connectivity index (χ0n) is 9.89. The first-order chi connectivity index (χ1) is 8.85. The number of epoxide rings is 1. The summed E-state index contributed by atoms with van der Waals surface area (Å²) >= 11 is 0. The molecule has 2 atom stereocenters. The van der Waals surface area contributed by atoms with Crippen LogP contribution in [-0.4, -0.2) is 5.60 Å². The van der Waals surface area contributed by atoms with Gasteiger partial charge in [0.2, 0.25) is 0 Å². The third-order valence-corrected chi connectivity index (χ3v) is 4.56. The average Bonchev–Trinajstić information content (AvgIpc) is 2.89. The highest BCUT2D eigenvalue weighted by atomic mass is 16.6. The molecule has 3 aliphatic carbocycles. The van der Waals surface area contributed by atoms with Gasteiger partial charge in [-0.25, -0.2) is 0 Å². The summed E-state index contributed by atoms with van der Waals surface area (Å²) < 4.78 is 6.12. The zero-order valence-corrected chi connectivity index (χ0v) is 9.89. The minimum Gasteiger partial charge on any atom is -0.344 e. The molecule has 1 aliphatic heterocycles. The van der Waals surface area contributed by atoms with Crippen LogP contribution in [0.4, 0.5) is 0 Å². The maximum atomic E-state index is 6.12. The van der Waals surface area contributed by atoms with Gasteiger partial charge in [0.25, 0.3) is 0 Å². The van der Waals surface area contributed by atoms with Crippen LogP contribution in [0.3, 0.4) is 0 Å². The molecule has 1 nitrogen and oxygen atoms in total. The molecule has 1 aromatic rings. The van der Waals surface area contributed by atoms with Crippen LogP contribution < -0.4 is 0 Å². The number of ether oxygens (including phenoxy) is 1. The molecule has 0 N–H and O–H groups in total. The fraction of sp³-hybridized carbons (Fsp3) is 0.176. The van der Waals surface area contributed by atoms with Crippen molar-refractivity contribution in [3.63, 3.8) is 0 Å². The minimum absolute atomic E-state index is 0.199. The van der Waals surface area contributed by atoms with Gasteiger partial charge >= 0.3 is 0 Å². The number of allylic oxidation sites excluding steroid dienone is 3. The van der Waals surface area contributed by atoms with E-state index in [9.17, 15) is 0 Å². The number of hydrogen-bond acceptors (Lipinski definition) is 1. The van der Waals surface area contributed by atoms with Gasteiger partial charge in [-0.15, -0.1) is 0 Å². The summed E-state index contributed by atoms with van der Waals surface area (Å²) in [4.78, 5) is 0. The van der Waals surface area contributed by atoms with E-state index in [-0.39, 0.29) is 11.2 Å². The second kappa shape index (κ2) is 2.60. The summed E-state index contributed by atoms with van der Waals surface area (Å²) in [5, 5.41) is 0. The van der Waals surface area contributed by atoms with Crippen molar-refractivity contribution in [2.24, 2.45) is 0 Å². The van der Waals surface area contributed by atoms with E-state index in [1.165, 1.54) is 22.3 Å². The molecule has 0 unspecified atom stereocenters. The Balaban J connectivity index is 1.83. The highest BCUT2D eigenvalue weighted by Crippen LogP contribution is 2.63. The fourth-order valence-corrected chi connectivity index (χ4v) is 3.61. The Bertz CT molecular complexity index is 705. The largest absolute Gasteiger partial charge is 0.344 e. The summed E-state index contributed by atoms with van der Waals surface area (Å²) in [7, 11) is 0. The molecular formula is C17H12O. The zero-order chi connectivity index (χ0) is 11.8. The van der Waals surface area contributed by atoms with Crippen LogP contribution in [0.15, 0.2) is 48.6 Å². The van der Waals surface area contributed by atoms with Crippen molar-refractivity contribution in [1.82, 2.24) is 0 Å². The molecule has 5 rings (SSSR count). The SMILES string of the molecule is C1=C[C@@]23C=Cc4c(ccc5c4CC=C5)[C@]2(C=C1)O3. The fourth-order valence-electron chi connectivity index (χ4n) is 3.61. The van der Waals surface area contributed by atoms with Gasteiger partial charge in [-0.05, 0) is 46.9 Å². The van der Waals surface area contributed by atoms with Gasteiger partial charge in [0.05, 0.1) is 0 Å². The topological polar surface area (TPSA) is 12.5 Å². The second-order valence-electron chi connectivity index (χ2n) is 5.38. The van der Waals surface area contributed by atoms with Gasteiger partial charge in [0, 0.05) is 0 Å². The average molecular weight is 232 g/mol. The maximum absolute atomic E-state index is 6.12. The third kappa shape index (κ3) is 0.803. The Labute approximate surface area is 106 Å². The molecule has 86 valence electrons. The first-order valence-electron chi connectivity index (χ1n) is 6.44.